The van der Waals surface area contributed by atoms with Crippen LogP contribution in [0.25, 0.3) is 22.1 Å². The number of fused-ring (bicyclic) bond motifs is 3. The first-order valence-corrected chi connectivity index (χ1v) is 6.62. The van der Waals surface area contributed by atoms with Crippen molar-refractivity contribution in [1.29, 1.82) is 0 Å². The Labute approximate surface area is 119 Å². The molecular weight excluding hydrogens is 272 g/mol. The number of hydrogen-bond acceptors (Lipinski definition) is 5. The highest BCUT2D eigenvalue weighted by Crippen LogP contribution is 2.23. The minimum Gasteiger partial charge on any atom is -0.462 e. The van der Waals surface area contributed by atoms with Gasteiger partial charge in [0.25, 0.3) is 5.56 Å². The number of hydrogen-bond donors (Lipinski definition) is 0. The summed E-state index contributed by atoms with van der Waals surface area (Å²) in [4.78, 5) is 28.2. The van der Waals surface area contributed by atoms with E-state index in [0.29, 0.717) is 11.1 Å². The molecule has 2 heterocycles. The summed E-state index contributed by atoms with van der Waals surface area (Å²) in [6.45, 7) is 3.32. The van der Waals surface area contributed by atoms with Gasteiger partial charge < -0.3 is 9.15 Å². The summed E-state index contributed by atoms with van der Waals surface area (Å²) in [5, 5.41) is 0.779. The molecule has 0 amide bonds. The van der Waals surface area contributed by atoms with Crippen molar-refractivity contribution in [1.82, 2.24) is 9.55 Å². The molecule has 0 radical (unpaired) electrons. The Morgan fingerprint density at radius 3 is 2.90 bits per heavy atom. The predicted octanol–water partition coefficient (Wildman–Crippen LogP) is 2.09. The van der Waals surface area contributed by atoms with Crippen LogP contribution in [0.2, 0.25) is 0 Å². The summed E-state index contributed by atoms with van der Waals surface area (Å²) >= 11 is 0. The van der Waals surface area contributed by atoms with E-state index in [1.807, 2.05) is 18.2 Å². The van der Waals surface area contributed by atoms with E-state index in [1.54, 1.807) is 19.9 Å². The van der Waals surface area contributed by atoms with Crippen molar-refractivity contribution >= 4 is 28.0 Å². The Morgan fingerprint density at radius 2 is 2.14 bits per heavy atom. The minimum atomic E-state index is -0.482. The lowest BCUT2D eigenvalue weighted by Crippen LogP contribution is -2.26. The van der Waals surface area contributed by atoms with Gasteiger partial charge in [-0.15, -0.1) is 0 Å². The highest BCUT2D eigenvalue weighted by molar-refractivity contribution is 6.01. The Balaban J connectivity index is 2.06. The number of carbonyl (C=O) groups excluding carboxylic acids is 1. The van der Waals surface area contributed by atoms with Crippen LogP contribution in [0.4, 0.5) is 0 Å². The molecule has 0 atom stereocenters. The van der Waals surface area contributed by atoms with Crippen LogP contribution in [0.5, 0.6) is 0 Å². The molecule has 0 fully saturated rings. The zero-order chi connectivity index (χ0) is 15.0. The standard InChI is InChI=1S/C15H14N2O4/c1-9(2)20-12(18)7-17-8-16-13-10-5-3-4-6-11(10)21-14(13)15(17)19/h3-6,8-9H,7H2,1-2H3. The maximum atomic E-state index is 12.3. The first kappa shape index (κ1) is 13.4. The van der Waals surface area contributed by atoms with Gasteiger partial charge in [0.2, 0.25) is 5.58 Å². The zero-order valence-corrected chi connectivity index (χ0v) is 11.7. The summed E-state index contributed by atoms with van der Waals surface area (Å²) in [6.07, 6.45) is 1.12. The Bertz CT molecular complexity index is 876. The van der Waals surface area contributed by atoms with Crippen LogP contribution in [-0.2, 0) is 16.1 Å². The molecule has 108 valence electrons. The van der Waals surface area contributed by atoms with Crippen LogP contribution < -0.4 is 5.56 Å². The molecule has 2 aromatic heterocycles. The smallest absolute Gasteiger partial charge is 0.326 e. The molecule has 0 aliphatic rings. The Kier molecular flexibility index (Phi) is 3.21. The number of esters is 1. The van der Waals surface area contributed by atoms with Crippen molar-refractivity contribution in [2.24, 2.45) is 0 Å². The second-order valence-electron chi connectivity index (χ2n) is 4.99. The minimum absolute atomic E-state index is 0.149. The van der Waals surface area contributed by atoms with Gasteiger partial charge in [0.05, 0.1) is 12.4 Å². The first-order chi connectivity index (χ1) is 10.1. The fourth-order valence-corrected chi connectivity index (χ4v) is 2.17. The number of furan rings is 1. The maximum Gasteiger partial charge on any atom is 0.326 e. The number of ether oxygens (including phenoxy) is 1. The van der Waals surface area contributed by atoms with Gasteiger partial charge >= 0.3 is 5.97 Å². The number of carbonyl (C=O) groups is 1. The molecule has 6 heteroatoms. The molecule has 0 aliphatic carbocycles. The van der Waals surface area contributed by atoms with Gasteiger partial charge in [-0.2, -0.15) is 0 Å². The molecule has 1 aromatic carbocycles. The average Bonchev–Trinajstić information content (AvgIpc) is 2.80. The predicted molar refractivity (Wildman–Crippen MR) is 77.0 cm³/mol. The van der Waals surface area contributed by atoms with Crippen LogP contribution in [0.3, 0.4) is 0 Å². The topological polar surface area (TPSA) is 74.3 Å². The van der Waals surface area contributed by atoms with Crippen molar-refractivity contribution in [3.8, 4) is 0 Å². The van der Waals surface area contributed by atoms with E-state index in [0.717, 1.165) is 5.39 Å². The van der Waals surface area contributed by atoms with Gasteiger partial charge in [-0.3, -0.25) is 14.2 Å². The largest absolute Gasteiger partial charge is 0.462 e. The van der Waals surface area contributed by atoms with Gasteiger partial charge in [-0.05, 0) is 26.0 Å². The quantitative estimate of drug-likeness (QED) is 0.689. The summed E-state index contributed by atoms with van der Waals surface area (Å²) < 4.78 is 11.8. The third kappa shape index (κ3) is 2.40. The van der Waals surface area contributed by atoms with E-state index in [9.17, 15) is 9.59 Å². The fourth-order valence-electron chi connectivity index (χ4n) is 2.17. The number of rotatable bonds is 3. The molecule has 0 N–H and O–H groups in total. The first-order valence-electron chi connectivity index (χ1n) is 6.62. The van der Waals surface area contributed by atoms with E-state index in [1.165, 1.54) is 10.9 Å². The lowest BCUT2D eigenvalue weighted by atomic mass is 10.2. The van der Waals surface area contributed by atoms with E-state index in [2.05, 4.69) is 4.98 Å². The summed E-state index contributed by atoms with van der Waals surface area (Å²) in [5.74, 6) is -0.482. The molecule has 21 heavy (non-hydrogen) atoms. The van der Waals surface area contributed by atoms with E-state index < -0.39 is 11.5 Å². The number of benzene rings is 1. The summed E-state index contributed by atoms with van der Waals surface area (Å²) in [6, 6.07) is 7.28. The van der Waals surface area contributed by atoms with Gasteiger partial charge in [-0.25, -0.2) is 4.98 Å². The van der Waals surface area contributed by atoms with Crippen LogP contribution in [0.15, 0.2) is 39.8 Å². The lowest BCUT2D eigenvalue weighted by Gasteiger charge is -2.08. The lowest BCUT2D eigenvalue weighted by molar-refractivity contribution is -0.148. The van der Waals surface area contributed by atoms with Gasteiger partial charge in [0, 0.05) is 5.39 Å². The van der Waals surface area contributed by atoms with Gasteiger partial charge in [-0.1, -0.05) is 12.1 Å². The molecule has 3 aromatic rings. The second kappa shape index (κ2) is 5.05. The molecule has 3 rings (SSSR count). The number of nitrogens with zero attached hydrogens (tertiary/aromatic N) is 2. The SMILES string of the molecule is CC(C)OC(=O)Cn1cnc2c(oc3ccccc32)c1=O. The monoisotopic (exact) mass is 286 g/mol. The summed E-state index contributed by atoms with van der Waals surface area (Å²) in [7, 11) is 0. The molecule has 0 spiro atoms. The van der Waals surface area contributed by atoms with E-state index in [-0.39, 0.29) is 18.2 Å². The average molecular weight is 286 g/mol. The Morgan fingerprint density at radius 1 is 1.38 bits per heavy atom. The van der Waals surface area contributed by atoms with Crippen molar-refractivity contribution < 1.29 is 13.9 Å². The van der Waals surface area contributed by atoms with Crippen molar-refractivity contribution in [3.05, 3.63) is 40.9 Å². The van der Waals surface area contributed by atoms with Crippen molar-refractivity contribution in [2.45, 2.75) is 26.5 Å². The van der Waals surface area contributed by atoms with Crippen LogP contribution in [0, 0.1) is 0 Å². The molecule has 0 saturated heterocycles. The van der Waals surface area contributed by atoms with Crippen LogP contribution in [-0.4, -0.2) is 21.6 Å². The van der Waals surface area contributed by atoms with Gasteiger partial charge in [0.1, 0.15) is 17.6 Å². The molecule has 6 nitrogen and oxygen atoms in total. The van der Waals surface area contributed by atoms with E-state index >= 15 is 0 Å². The van der Waals surface area contributed by atoms with Crippen molar-refractivity contribution in [3.63, 3.8) is 0 Å². The van der Waals surface area contributed by atoms with Crippen molar-refractivity contribution in [2.75, 3.05) is 0 Å². The van der Waals surface area contributed by atoms with E-state index in [4.69, 9.17) is 9.15 Å². The number of aromatic nitrogens is 2. The normalized spacial score (nSPS) is 11.4. The number of para-hydroxylation sites is 1. The molecule has 0 aliphatic heterocycles. The molecular formula is C15H14N2O4. The fraction of sp³-hybridized carbons (Fsp3) is 0.267. The third-order valence-corrected chi connectivity index (χ3v) is 3.02. The Hall–Kier alpha value is -2.63. The molecule has 0 saturated carbocycles. The second-order valence-corrected chi connectivity index (χ2v) is 4.99. The van der Waals surface area contributed by atoms with Crippen LogP contribution in [0.1, 0.15) is 13.8 Å². The van der Waals surface area contributed by atoms with Crippen LogP contribution >= 0.6 is 0 Å². The highest BCUT2D eigenvalue weighted by Gasteiger charge is 2.15. The zero-order valence-electron chi connectivity index (χ0n) is 11.7. The summed E-state index contributed by atoms with van der Waals surface area (Å²) in [5.41, 5.74) is 0.858. The molecule has 0 unspecified atom stereocenters. The maximum absolute atomic E-state index is 12.3. The highest BCUT2D eigenvalue weighted by atomic mass is 16.5. The van der Waals surface area contributed by atoms with Gasteiger partial charge in [0.15, 0.2) is 0 Å². The molecule has 0 bridgehead atoms. The third-order valence-electron chi connectivity index (χ3n) is 3.02.